The zero-order valence-electron chi connectivity index (χ0n) is 20.2. The Morgan fingerprint density at radius 3 is 1.79 bits per heavy atom. The monoisotopic (exact) mass is 397 g/mol. The van der Waals surface area contributed by atoms with Gasteiger partial charge in [-0.15, -0.1) is 0 Å². The second kappa shape index (κ2) is 7.50. The molecular weight excluding hydrogens is 376 g/mol. The molecule has 1 aromatic heterocycles. The van der Waals surface area contributed by atoms with Gasteiger partial charge in [0.25, 0.3) is 0 Å². The zero-order chi connectivity index (χ0) is 24.0. The molecule has 0 aliphatic carbocycles. The van der Waals surface area contributed by atoms with Crippen LogP contribution in [0.1, 0.15) is 6.85 Å². The van der Waals surface area contributed by atoms with Gasteiger partial charge in [-0.1, -0.05) is 96.9 Å². The van der Waals surface area contributed by atoms with Gasteiger partial charge in [-0.3, -0.25) is 0 Å². The minimum absolute atomic E-state index is 0.195. The molecule has 0 N–H and O–H groups in total. The number of benzene rings is 4. The summed E-state index contributed by atoms with van der Waals surface area (Å²) < 4.78 is 39.9. The van der Waals surface area contributed by atoms with E-state index in [1.807, 2.05) is 60.7 Å². The van der Waals surface area contributed by atoms with Gasteiger partial charge < -0.3 is 0 Å². The van der Waals surface area contributed by atoms with E-state index in [1.165, 1.54) is 0 Å². The van der Waals surface area contributed by atoms with Crippen molar-refractivity contribution in [1.29, 1.82) is 0 Å². The third kappa shape index (κ3) is 3.51. The quantitative estimate of drug-likeness (QED) is 0.299. The minimum Gasteiger partial charge on any atom is -0.218 e. The highest BCUT2D eigenvalue weighted by atomic mass is 35.5. The van der Waals surface area contributed by atoms with Crippen LogP contribution in [0.25, 0.3) is 44.4 Å². The maximum atomic E-state index is 8.18. The smallest absolute Gasteiger partial charge is 0.218 e. The molecule has 5 aromatic rings. The summed E-state index contributed by atoms with van der Waals surface area (Å²) in [5, 5.41) is 1.11. The summed E-state index contributed by atoms with van der Waals surface area (Å²) in [7, 11) is 0. The first-order chi connectivity index (χ1) is 16.3. The summed E-state index contributed by atoms with van der Waals surface area (Å²) in [6.45, 7) is 0. The molecule has 0 fully saturated rings. The second-order valence-electron chi connectivity index (χ2n) is 6.51. The molecule has 0 radical (unpaired) electrons. The van der Waals surface area contributed by atoms with Crippen molar-refractivity contribution < 1.29 is 6.85 Å². The van der Waals surface area contributed by atoms with Crippen LogP contribution < -0.4 is 0 Å². The molecule has 0 amide bonds. The molecule has 0 aliphatic rings. The van der Waals surface area contributed by atoms with Gasteiger partial charge in [0, 0.05) is 10.9 Å². The number of halogens is 1. The molecule has 0 saturated heterocycles. The van der Waals surface area contributed by atoms with Crippen molar-refractivity contribution in [3.05, 3.63) is 108 Å². The Balaban J connectivity index is 1.50. The predicted octanol–water partition coefficient (Wildman–Crippen LogP) is 7.28. The van der Waals surface area contributed by atoms with Crippen LogP contribution in [0.15, 0.2) is 103 Å². The van der Waals surface area contributed by atoms with Crippen molar-refractivity contribution in [3.63, 3.8) is 0 Å². The molecule has 138 valence electrons. The molecule has 0 aliphatic heterocycles. The van der Waals surface area contributed by atoms with Gasteiger partial charge in [0.15, 0.2) is 0 Å². The fourth-order valence-electron chi connectivity index (χ4n) is 3.31. The van der Waals surface area contributed by atoms with Crippen molar-refractivity contribution in [2.75, 3.05) is 0 Å². The number of para-hydroxylation sites is 1. The van der Waals surface area contributed by atoms with Gasteiger partial charge in [-0.05, 0) is 39.9 Å². The first-order valence-electron chi connectivity index (χ1n) is 11.6. The molecule has 0 bridgehead atoms. The maximum absolute atomic E-state index is 8.18. The molecule has 5 rings (SSSR count). The third-order valence-electron chi connectivity index (χ3n) is 4.74. The summed E-state index contributed by atoms with van der Waals surface area (Å²) in [6, 6.07) is 21.4. The summed E-state index contributed by atoms with van der Waals surface area (Å²) in [6.07, 6.45) is 0. The van der Waals surface area contributed by atoms with Crippen LogP contribution in [-0.4, -0.2) is 9.97 Å². The molecule has 2 nitrogen and oxygen atoms in total. The Morgan fingerprint density at radius 2 is 1.14 bits per heavy atom. The van der Waals surface area contributed by atoms with Crippen LogP contribution in [0.3, 0.4) is 0 Å². The Labute approximate surface area is 181 Å². The van der Waals surface area contributed by atoms with E-state index in [0.29, 0.717) is 5.56 Å². The lowest BCUT2D eigenvalue weighted by atomic mass is 9.98. The number of fused-ring (bicyclic) bond motifs is 1. The normalized spacial score (nSPS) is 13.3. The summed E-state index contributed by atoms with van der Waals surface area (Å²) in [5.41, 5.74) is 5.14. The standard InChI is InChI=1S/C26H17ClN2/c27-26-28-24-9-5-4-8-23(24)25(29-26)22-16-14-21(15-17-22)20-12-10-19(11-13-20)18-6-2-1-3-7-18/h1-17H/i1D,2D,3D,6D,7D. The van der Waals surface area contributed by atoms with Crippen LogP contribution in [0.2, 0.25) is 5.28 Å². The lowest BCUT2D eigenvalue weighted by Crippen LogP contribution is -1.91. The van der Waals surface area contributed by atoms with E-state index in [0.717, 1.165) is 33.3 Å². The molecule has 0 unspecified atom stereocenters. The Kier molecular flexibility index (Phi) is 3.33. The number of hydrogen-bond acceptors (Lipinski definition) is 2. The fourth-order valence-corrected chi connectivity index (χ4v) is 3.49. The Morgan fingerprint density at radius 1 is 0.586 bits per heavy atom. The van der Waals surface area contributed by atoms with E-state index in [9.17, 15) is 0 Å². The van der Waals surface area contributed by atoms with Crippen molar-refractivity contribution >= 4 is 22.5 Å². The average Bonchev–Trinajstić information content (AvgIpc) is 2.86. The summed E-state index contributed by atoms with van der Waals surface area (Å²) >= 11 is 6.13. The van der Waals surface area contributed by atoms with Gasteiger partial charge in [-0.25, -0.2) is 9.97 Å². The van der Waals surface area contributed by atoms with Crippen molar-refractivity contribution in [1.82, 2.24) is 9.97 Å². The number of nitrogens with zero attached hydrogens (tertiary/aromatic N) is 2. The van der Waals surface area contributed by atoms with Crippen molar-refractivity contribution in [3.8, 4) is 33.5 Å². The van der Waals surface area contributed by atoms with Gasteiger partial charge in [0.2, 0.25) is 5.28 Å². The predicted molar refractivity (Wildman–Crippen MR) is 121 cm³/mol. The molecule has 0 atom stereocenters. The van der Waals surface area contributed by atoms with Crippen molar-refractivity contribution in [2.24, 2.45) is 0 Å². The molecular formula is C26H17ClN2. The Hall–Kier alpha value is -3.49. The molecule has 4 aromatic carbocycles. The van der Waals surface area contributed by atoms with E-state index in [-0.39, 0.29) is 35.0 Å². The lowest BCUT2D eigenvalue weighted by molar-refractivity contribution is 1.22. The molecule has 0 saturated carbocycles. The first kappa shape index (κ1) is 12.9. The maximum Gasteiger partial charge on any atom is 0.223 e. The summed E-state index contributed by atoms with van der Waals surface area (Å²) in [4.78, 5) is 8.71. The van der Waals surface area contributed by atoms with Crippen LogP contribution in [0, 0.1) is 0 Å². The Bertz CT molecular complexity index is 1520. The van der Waals surface area contributed by atoms with Gasteiger partial charge in [0.05, 0.1) is 18.1 Å². The third-order valence-corrected chi connectivity index (χ3v) is 4.91. The zero-order valence-corrected chi connectivity index (χ0v) is 16.0. The van der Waals surface area contributed by atoms with Crippen LogP contribution in [-0.2, 0) is 0 Å². The lowest BCUT2D eigenvalue weighted by Gasteiger charge is -2.08. The highest BCUT2D eigenvalue weighted by Gasteiger charge is 2.09. The van der Waals surface area contributed by atoms with Gasteiger partial charge >= 0.3 is 0 Å². The van der Waals surface area contributed by atoms with E-state index in [2.05, 4.69) is 9.97 Å². The topological polar surface area (TPSA) is 25.8 Å². The SMILES string of the molecule is [2H]c1c([2H])c([2H])c(-c2ccc(-c3ccc(-c4nc(Cl)nc5ccccc45)cc3)cc2)c([2H])c1[2H]. The van der Waals surface area contributed by atoms with Crippen LogP contribution in [0.4, 0.5) is 0 Å². The van der Waals surface area contributed by atoms with Gasteiger partial charge in [-0.2, -0.15) is 0 Å². The summed E-state index contributed by atoms with van der Waals surface area (Å²) in [5.74, 6) is 0. The molecule has 1 heterocycles. The number of rotatable bonds is 3. The molecule has 0 spiro atoms. The molecule has 29 heavy (non-hydrogen) atoms. The largest absolute Gasteiger partial charge is 0.223 e. The minimum atomic E-state index is -0.395. The number of aromatic nitrogens is 2. The first-order valence-corrected chi connectivity index (χ1v) is 9.43. The fraction of sp³-hybridized carbons (Fsp3) is 0. The van der Waals surface area contributed by atoms with E-state index in [4.69, 9.17) is 18.5 Å². The highest BCUT2D eigenvalue weighted by Crippen LogP contribution is 2.30. The van der Waals surface area contributed by atoms with Gasteiger partial charge in [0.1, 0.15) is 0 Å². The van der Waals surface area contributed by atoms with Crippen molar-refractivity contribution in [2.45, 2.75) is 0 Å². The van der Waals surface area contributed by atoms with Crippen LogP contribution in [0.5, 0.6) is 0 Å². The molecule has 3 heteroatoms. The van der Waals surface area contributed by atoms with E-state index in [1.54, 1.807) is 12.1 Å². The van der Waals surface area contributed by atoms with Crippen LogP contribution >= 0.6 is 11.6 Å². The second-order valence-corrected chi connectivity index (χ2v) is 6.85. The highest BCUT2D eigenvalue weighted by molar-refractivity contribution is 6.28. The van der Waals surface area contributed by atoms with E-state index < -0.39 is 6.04 Å². The number of hydrogen-bond donors (Lipinski definition) is 0. The van der Waals surface area contributed by atoms with E-state index >= 15 is 0 Å². The average molecular weight is 398 g/mol.